The molecule has 10 heteroatoms. The molecule has 1 atom stereocenters. The molecule has 3 rings (SSSR count). The fraction of sp³-hybridized carbons (Fsp3) is 0.227. The van der Waals surface area contributed by atoms with E-state index < -0.39 is 46.9 Å². The van der Waals surface area contributed by atoms with Gasteiger partial charge < -0.3 is 15.5 Å². The molecule has 0 aliphatic rings. The van der Waals surface area contributed by atoms with E-state index in [0.29, 0.717) is 6.07 Å². The first-order valence-corrected chi connectivity index (χ1v) is 9.53. The van der Waals surface area contributed by atoms with Gasteiger partial charge in [-0.2, -0.15) is 0 Å². The van der Waals surface area contributed by atoms with E-state index in [0.717, 1.165) is 28.8 Å². The molecule has 3 N–H and O–H groups in total. The van der Waals surface area contributed by atoms with Crippen LogP contribution in [0.2, 0.25) is 0 Å². The highest BCUT2D eigenvalue weighted by Gasteiger charge is 2.24. The number of phenolic OH excluding ortho intramolecular Hbond substituents is 1. The SMILES string of the molecule is Cc1c(CC(=O)NCC(C)C(=O)O)c2cc(O)c(F)cc2n1C(=O)c1ccc(F)c(F)c1. The monoisotopic (exact) mass is 448 g/mol. The fourth-order valence-electron chi connectivity index (χ4n) is 3.31. The van der Waals surface area contributed by atoms with E-state index in [9.17, 15) is 32.7 Å². The summed E-state index contributed by atoms with van der Waals surface area (Å²) in [5.41, 5.74) is 0.325. The molecule has 0 fully saturated rings. The van der Waals surface area contributed by atoms with Gasteiger partial charge >= 0.3 is 5.97 Å². The van der Waals surface area contributed by atoms with Crippen molar-refractivity contribution in [2.75, 3.05) is 6.54 Å². The second-order valence-electron chi connectivity index (χ2n) is 7.37. The number of fused-ring (bicyclic) bond motifs is 1. The lowest BCUT2D eigenvalue weighted by Crippen LogP contribution is -2.32. The van der Waals surface area contributed by atoms with Gasteiger partial charge in [0, 0.05) is 29.3 Å². The Balaban J connectivity index is 2.06. The number of benzene rings is 2. The zero-order valence-corrected chi connectivity index (χ0v) is 17.1. The van der Waals surface area contributed by atoms with E-state index in [1.807, 2.05) is 0 Å². The Morgan fingerprint density at radius 3 is 2.38 bits per heavy atom. The van der Waals surface area contributed by atoms with Crippen molar-refractivity contribution < 1.29 is 37.8 Å². The number of hydrogen-bond acceptors (Lipinski definition) is 4. The lowest BCUT2D eigenvalue weighted by Gasteiger charge is -2.10. The number of carboxylic acids is 1. The largest absolute Gasteiger partial charge is 0.505 e. The third-order valence-corrected chi connectivity index (χ3v) is 5.14. The summed E-state index contributed by atoms with van der Waals surface area (Å²) in [7, 11) is 0. The van der Waals surface area contributed by atoms with Gasteiger partial charge in [-0.3, -0.25) is 19.0 Å². The highest BCUT2D eigenvalue weighted by Crippen LogP contribution is 2.32. The van der Waals surface area contributed by atoms with Crippen LogP contribution >= 0.6 is 0 Å². The number of rotatable bonds is 6. The van der Waals surface area contributed by atoms with Crippen LogP contribution in [0.1, 0.15) is 28.5 Å². The van der Waals surface area contributed by atoms with Gasteiger partial charge in [0.05, 0.1) is 17.9 Å². The van der Waals surface area contributed by atoms with Gasteiger partial charge in [-0.25, -0.2) is 13.2 Å². The Morgan fingerprint density at radius 2 is 1.75 bits per heavy atom. The number of nitrogens with one attached hydrogen (secondary N) is 1. The second kappa shape index (κ2) is 8.74. The molecule has 0 spiro atoms. The molecule has 7 nitrogen and oxygen atoms in total. The maximum absolute atomic E-state index is 14.1. The van der Waals surface area contributed by atoms with Gasteiger partial charge in [-0.1, -0.05) is 6.92 Å². The van der Waals surface area contributed by atoms with Crippen LogP contribution in [0.15, 0.2) is 30.3 Å². The molecule has 0 aliphatic heterocycles. The number of aliphatic carboxylic acids is 1. The standard InChI is InChI=1S/C22H19F3N2O5/c1-10(22(31)32)9-26-20(29)7-13-11(2)27(18-8-17(25)19(28)6-14(13)18)21(30)12-3-4-15(23)16(24)5-12/h3-6,8,10,28H,7,9H2,1-2H3,(H,26,29)(H,31,32). The zero-order chi connectivity index (χ0) is 23.7. The van der Waals surface area contributed by atoms with Crippen molar-refractivity contribution >= 4 is 28.7 Å². The predicted molar refractivity (Wildman–Crippen MR) is 108 cm³/mol. The van der Waals surface area contributed by atoms with Gasteiger partial charge in [0.2, 0.25) is 5.91 Å². The average Bonchev–Trinajstić information content (AvgIpc) is 2.98. The van der Waals surface area contributed by atoms with Crippen LogP contribution in [0.5, 0.6) is 5.75 Å². The number of hydrogen-bond donors (Lipinski definition) is 3. The summed E-state index contributed by atoms with van der Waals surface area (Å²) < 4.78 is 42.0. The summed E-state index contributed by atoms with van der Waals surface area (Å²) >= 11 is 0. The molecule has 0 saturated carbocycles. The second-order valence-corrected chi connectivity index (χ2v) is 7.37. The van der Waals surface area contributed by atoms with E-state index in [-0.39, 0.29) is 40.7 Å². The number of phenols is 1. The van der Waals surface area contributed by atoms with Gasteiger partial charge in [-0.05, 0) is 36.8 Å². The minimum Gasteiger partial charge on any atom is -0.505 e. The third-order valence-electron chi connectivity index (χ3n) is 5.14. The highest BCUT2D eigenvalue weighted by atomic mass is 19.2. The van der Waals surface area contributed by atoms with E-state index >= 15 is 0 Å². The quantitative estimate of drug-likeness (QED) is 0.537. The number of aromatic hydroxyl groups is 1. The smallest absolute Gasteiger partial charge is 0.308 e. The Morgan fingerprint density at radius 1 is 1.06 bits per heavy atom. The van der Waals surface area contributed by atoms with E-state index in [1.165, 1.54) is 13.8 Å². The van der Waals surface area contributed by atoms with Crippen LogP contribution in [-0.2, 0) is 16.0 Å². The summed E-state index contributed by atoms with van der Waals surface area (Å²) in [6.45, 7) is 2.77. The van der Waals surface area contributed by atoms with Crippen LogP contribution in [0.4, 0.5) is 13.2 Å². The normalized spacial score (nSPS) is 12.0. The number of carbonyl (C=O) groups is 3. The predicted octanol–water partition coefficient (Wildman–Crippen LogP) is 3.14. The van der Waals surface area contributed by atoms with Crippen molar-refractivity contribution in [3.8, 4) is 5.75 Å². The first-order chi connectivity index (χ1) is 15.0. The number of nitrogens with zero attached hydrogens (tertiary/aromatic N) is 1. The van der Waals surface area contributed by atoms with Crippen LogP contribution in [-0.4, -0.2) is 39.1 Å². The molecular weight excluding hydrogens is 429 g/mol. The van der Waals surface area contributed by atoms with Crippen LogP contribution in [0, 0.1) is 30.3 Å². The molecule has 3 aromatic rings. The van der Waals surface area contributed by atoms with Crippen LogP contribution in [0.3, 0.4) is 0 Å². The molecule has 32 heavy (non-hydrogen) atoms. The Kier molecular flexibility index (Phi) is 6.24. The maximum Gasteiger partial charge on any atom is 0.308 e. The molecule has 0 saturated heterocycles. The molecule has 1 amide bonds. The van der Waals surface area contributed by atoms with Gasteiger partial charge in [0.1, 0.15) is 0 Å². The van der Waals surface area contributed by atoms with Gasteiger partial charge in [0.15, 0.2) is 23.2 Å². The fourth-order valence-corrected chi connectivity index (χ4v) is 3.31. The van der Waals surface area contributed by atoms with E-state index in [2.05, 4.69) is 5.32 Å². The van der Waals surface area contributed by atoms with Crippen molar-refractivity contribution in [2.24, 2.45) is 5.92 Å². The summed E-state index contributed by atoms with van der Waals surface area (Å²) in [5.74, 6) is -7.34. The minimum absolute atomic E-state index is 0.0224. The molecule has 1 unspecified atom stereocenters. The zero-order valence-electron chi connectivity index (χ0n) is 17.1. The Hall–Kier alpha value is -3.82. The molecule has 1 aromatic heterocycles. The summed E-state index contributed by atoms with van der Waals surface area (Å²) in [5, 5.41) is 21.4. The summed E-state index contributed by atoms with van der Waals surface area (Å²) in [6.07, 6.45) is -0.294. The highest BCUT2D eigenvalue weighted by molar-refractivity contribution is 6.05. The molecule has 2 aromatic carbocycles. The van der Waals surface area contributed by atoms with Gasteiger partial charge in [0.25, 0.3) is 5.91 Å². The Bertz CT molecular complexity index is 1250. The topological polar surface area (TPSA) is 109 Å². The molecular formula is C22H19F3N2O5. The number of carboxylic acid groups (broad SMARTS) is 1. The first-order valence-electron chi connectivity index (χ1n) is 9.53. The molecule has 0 bridgehead atoms. The molecule has 0 radical (unpaired) electrons. The number of halogens is 3. The van der Waals surface area contributed by atoms with Crippen LogP contribution in [0.25, 0.3) is 10.9 Å². The Labute approximate surface area is 180 Å². The molecule has 1 heterocycles. The lowest BCUT2D eigenvalue weighted by molar-refractivity contribution is -0.141. The van der Waals surface area contributed by atoms with E-state index in [4.69, 9.17) is 5.11 Å². The van der Waals surface area contributed by atoms with Crippen LogP contribution < -0.4 is 5.32 Å². The number of carbonyl (C=O) groups excluding carboxylic acids is 2. The first kappa shape index (κ1) is 22.9. The van der Waals surface area contributed by atoms with Gasteiger partial charge in [-0.15, -0.1) is 0 Å². The number of amides is 1. The lowest BCUT2D eigenvalue weighted by atomic mass is 10.1. The number of aromatic nitrogens is 1. The molecule has 0 aliphatic carbocycles. The van der Waals surface area contributed by atoms with E-state index in [1.54, 1.807) is 0 Å². The third kappa shape index (κ3) is 4.29. The minimum atomic E-state index is -1.24. The average molecular weight is 448 g/mol. The van der Waals surface area contributed by atoms with Crippen molar-refractivity contribution in [3.05, 3.63) is 64.6 Å². The molecule has 168 valence electrons. The van der Waals surface area contributed by atoms with Crippen molar-refractivity contribution in [1.82, 2.24) is 9.88 Å². The van der Waals surface area contributed by atoms with Crippen molar-refractivity contribution in [2.45, 2.75) is 20.3 Å². The summed E-state index contributed by atoms with van der Waals surface area (Å²) in [4.78, 5) is 36.4. The summed E-state index contributed by atoms with van der Waals surface area (Å²) in [6, 6.07) is 4.54. The van der Waals surface area contributed by atoms with Crippen molar-refractivity contribution in [3.63, 3.8) is 0 Å². The maximum atomic E-state index is 14.1. The van der Waals surface area contributed by atoms with Crippen molar-refractivity contribution in [1.29, 1.82) is 0 Å².